The van der Waals surface area contributed by atoms with Crippen molar-refractivity contribution in [3.63, 3.8) is 0 Å². The highest BCUT2D eigenvalue weighted by molar-refractivity contribution is 5.94. The average molecular weight is 440 g/mol. The van der Waals surface area contributed by atoms with Crippen molar-refractivity contribution in [2.45, 2.75) is 31.7 Å². The van der Waals surface area contributed by atoms with Crippen molar-refractivity contribution in [1.29, 1.82) is 0 Å². The number of carbonyl (C=O) groups excluding carboxylic acids is 1. The molecule has 3 aliphatic rings. The Balaban J connectivity index is 1.54. The number of nitrogens with one attached hydrogen (secondary N) is 3. The molecule has 2 aromatic rings. The highest BCUT2D eigenvalue weighted by atomic mass is 16.5. The third-order valence-electron chi connectivity index (χ3n) is 6.20. The predicted octanol–water partition coefficient (Wildman–Crippen LogP) is 0.959. The van der Waals surface area contributed by atoms with Crippen LogP contribution >= 0.6 is 0 Å². The van der Waals surface area contributed by atoms with Crippen LogP contribution in [0.4, 0.5) is 17.6 Å². The van der Waals surface area contributed by atoms with Gasteiger partial charge in [0.15, 0.2) is 0 Å². The first-order valence-corrected chi connectivity index (χ1v) is 11.4. The van der Waals surface area contributed by atoms with Crippen LogP contribution in [0.1, 0.15) is 25.7 Å². The number of aromatic amines is 1. The number of aromatic nitrogens is 3. The lowest BCUT2D eigenvalue weighted by Crippen LogP contribution is -2.40. The fraction of sp³-hybridized carbons (Fsp3) is 0.545. The second-order valence-corrected chi connectivity index (χ2v) is 8.43. The number of anilines is 3. The Kier molecular flexibility index (Phi) is 6.04. The molecule has 3 fully saturated rings. The lowest BCUT2D eigenvalue weighted by molar-refractivity contribution is -0.117. The summed E-state index contributed by atoms with van der Waals surface area (Å²) in [6.07, 6.45) is 3.42. The van der Waals surface area contributed by atoms with Gasteiger partial charge in [0.05, 0.1) is 18.9 Å². The van der Waals surface area contributed by atoms with Gasteiger partial charge in [-0.1, -0.05) is 6.07 Å². The first kappa shape index (κ1) is 20.9. The third kappa shape index (κ3) is 4.33. The van der Waals surface area contributed by atoms with E-state index in [1.54, 1.807) is 11.0 Å². The fourth-order valence-corrected chi connectivity index (χ4v) is 4.50. The van der Waals surface area contributed by atoms with E-state index in [9.17, 15) is 9.59 Å². The number of piperidine rings is 1. The van der Waals surface area contributed by atoms with Crippen LogP contribution in [0.3, 0.4) is 0 Å². The summed E-state index contributed by atoms with van der Waals surface area (Å²) in [4.78, 5) is 41.7. The van der Waals surface area contributed by atoms with E-state index in [4.69, 9.17) is 9.72 Å². The molecule has 3 N–H and O–H groups in total. The molecule has 0 radical (unpaired) electrons. The minimum absolute atomic E-state index is 0.0657. The van der Waals surface area contributed by atoms with Crippen LogP contribution in [0.5, 0.6) is 0 Å². The molecule has 170 valence electrons. The number of morpholine rings is 1. The van der Waals surface area contributed by atoms with Gasteiger partial charge >= 0.3 is 0 Å². The minimum atomic E-state index is -0.245. The maximum atomic E-state index is 13.3. The highest BCUT2D eigenvalue weighted by Crippen LogP contribution is 2.27. The van der Waals surface area contributed by atoms with Crippen molar-refractivity contribution in [2.24, 2.45) is 0 Å². The smallest absolute Gasteiger partial charge is 0.263 e. The molecule has 0 unspecified atom stereocenters. The zero-order valence-corrected chi connectivity index (χ0v) is 18.1. The molecule has 5 rings (SSSR count). The molecule has 5 heterocycles. The molecule has 3 aliphatic heterocycles. The van der Waals surface area contributed by atoms with E-state index in [-0.39, 0.29) is 17.5 Å². The van der Waals surface area contributed by atoms with Crippen LogP contribution in [0.25, 0.3) is 11.3 Å². The predicted molar refractivity (Wildman–Crippen MR) is 122 cm³/mol. The summed E-state index contributed by atoms with van der Waals surface area (Å²) in [5.41, 5.74) is 0.669. The first-order valence-electron chi connectivity index (χ1n) is 11.4. The average Bonchev–Trinajstić information content (AvgIpc) is 3.26. The molecule has 1 amide bonds. The highest BCUT2D eigenvalue weighted by Gasteiger charge is 2.25. The van der Waals surface area contributed by atoms with Crippen molar-refractivity contribution in [3.8, 4) is 11.3 Å². The number of amides is 1. The van der Waals surface area contributed by atoms with Crippen LogP contribution in [-0.4, -0.2) is 72.8 Å². The maximum Gasteiger partial charge on any atom is 0.263 e. The lowest BCUT2D eigenvalue weighted by Gasteiger charge is -2.29. The van der Waals surface area contributed by atoms with Gasteiger partial charge in [0.25, 0.3) is 5.56 Å². The molecule has 1 atom stereocenters. The Hall–Kier alpha value is -2.98. The molecule has 0 saturated carbocycles. The van der Waals surface area contributed by atoms with Crippen LogP contribution in [0.2, 0.25) is 0 Å². The summed E-state index contributed by atoms with van der Waals surface area (Å²) in [6.45, 7) is 5.03. The van der Waals surface area contributed by atoms with E-state index in [0.717, 1.165) is 32.4 Å². The Morgan fingerprint density at radius 2 is 1.97 bits per heavy atom. The van der Waals surface area contributed by atoms with Gasteiger partial charge in [0, 0.05) is 38.6 Å². The van der Waals surface area contributed by atoms with Gasteiger partial charge in [-0.15, -0.1) is 0 Å². The number of hydrogen-bond acceptors (Lipinski definition) is 8. The number of H-pyrrole nitrogens is 1. The van der Waals surface area contributed by atoms with Gasteiger partial charge in [-0.25, -0.2) is 4.98 Å². The Morgan fingerprint density at radius 1 is 1.09 bits per heavy atom. The monoisotopic (exact) mass is 439 g/mol. The largest absolute Gasteiger partial charge is 0.378 e. The quantitative estimate of drug-likeness (QED) is 0.631. The zero-order chi connectivity index (χ0) is 21.9. The Morgan fingerprint density at radius 3 is 2.72 bits per heavy atom. The lowest BCUT2D eigenvalue weighted by atomic mass is 10.1. The van der Waals surface area contributed by atoms with Gasteiger partial charge < -0.3 is 20.3 Å². The summed E-state index contributed by atoms with van der Waals surface area (Å²) in [5, 5.41) is 6.89. The number of hydrogen-bond donors (Lipinski definition) is 3. The number of ether oxygens (including phenoxy) is 1. The van der Waals surface area contributed by atoms with Crippen molar-refractivity contribution >= 4 is 23.5 Å². The molecular weight excluding hydrogens is 410 g/mol. The molecule has 2 aromatic heterocycles. The summed E-state index contributed by atoms with van der Waals surface area (Å²) in [7, 11) is 0. The summed E-state index contributed by atoms with van der Waals surface area (Å²) in [5.74, 6) is 1.71. The number of nitrogens with zero attached hydrogens (tertiary/aromatic N) is 4. The van der Waals surface area contributed by atoms with Crippen molar-refractivity contribution in [3.05, 3.63) is 28.6 Å². The number of carbonyl (C=O) groups is 1. The van der Waals surface area contributed by atoms with Crippen molar-refractivity contribution in [1.82, 2.24) is 20.3 Å². The van der Waals surface area contributed by atoms with Gasteiger partial charge in [-0.3, -0.25) is 19.5 Å². The molecule has 10 nitrogen and oxygen atoms in total. The van der Waals surface area contributed by atoms with E-state index in [0.29, 0.717) is 68.1 Å². The maximum absolute atomic E-state index is 13.3. The van der Waals surface area contributed by atoms with E-state index < -0.39 is 0 Å². The normalized spacial score (nSPS) is 21.8. The van der Waals surface area contributed by atoms with Crippen LogP contribution in [0, 0.1) is 0 Å². The zero-order valence-electron chi connectivity index (χ0n) is 18.1. The second kappa shape index (κ2) is 9.25. The first-order chi connectivity index (χ1) is 15.7. The molecule has 3 saturated heterocycles. The summed E-state index contributed by atoms with van der Waals surface area (Å²) in [6, 6.07) is 5.63. The SMILES string of the molecule is O=C1CCCN1c1cccc(-c2c(N[C@@H]3CCCNC3)nc(N3CCOCC3)[nH]c2=O)n1. The number of pyridine rings is 1. The van der Waals surface area contributed by atoms with Gasteiger partial charge in [-0.05, 0) is 37.9 Å². The molecule has 0 aromatic carbocycles. The Labute approximate surface area is 186 Å². The van der Waals surface area contributed by atoms with Crippen LogP contribution < -0.4 is 26.0 Å². The molecule has 0 bridgehead atoms. The van der Waals surface area contributed by atoms with Crippen molar-refractivity contribution in [2.75, 3.05) is 61.1 Å². The minimum Gasteiger partial charge on any atom is -0.378 e. The molecule has 0 aliphatic carbocycles. The van der Waals surface area contributed by atoms with Crippen molar-refractivity contribution < 1.29 is 9.53 Å². The molecule has 0 spiro atoms. The van der Waals surface area contributed by atoms with Crippen LogP contribution in [-0.2, 0) is 9.53 Å². The van der Waals surface area contributed by atoms with E-state index in [2.05, 4.69) is 20.6 Å². The molecule has 32 heavy (non-hydrogen) atoms. The van der Waals surface area contributed by atoms with E-state index >= 15 is 0 Å². The van der Waals surface area contributed by atoms with E-state index in [1.165, 1.54) is 0 Å². The van der Waals surface area contributed by atoms with Crippen LogP contribution in [0.15, 0.2) is 23.0 Å². The summed E-state index contributed by atoms with van der Waals surface area (Å²) >= 11 is 0. The number of rotatable bonds is 5. The standard InChI is InChI=1S/C22H29N7O3/c30-18-7-3-9-29(18)17-6-1-5-16(25-17)19-20(24-15-4-2-8-23-14-15)26-22(27-21(19)31)28-10-12-32-13-11-28/h1,5-6,15,23H,2-4,7-14H2,(H2,24,26,27,31)/t15-/m1/s1. The topological polar surface area (TPSA) is 115 Å². The van der Waals surface area contributed by atoms with Gasteiger partial charge in [-0.2, -0.15) is 4.98 Å². The fourth-order valence-electron chi connectivity index (χ4n) is 4.50. The Bertz CT molecular complexity index is 1030. The molecule has 10 heteroatoms. The second-order valence-electron chi connectivity index (χ2n) is 8.43. The van der Waals surface area contributed by atoms with Gasteiger partial charge in [0.1, 0.15) is 17.2 Å². The summed E-state index contributed by atoms with van der Waals surface area (Å²) < 4.78 is 5.44. The third-order valence-corrected chi connectivity index (χ3v) is 6.20. The molecular formula is C22H29N7O3. The van der Waals surface area contributed by atoms with E-state index in [1.807, 2.05) is 17.0 Å². The van der Waals surface area contributed by atoms with Gasteiger partial charge in [0.2, 0.25) is 11.9 Å².